The van der Waals surface area contributed by atoms with E-state index in [4.69, 9.17) is 10.8 Å². The minimum Gasteiger partial charge on any atom is -0.481 e. The van der Waals surface area contributed by atoms with E-state index in [-0.39, 0.29) is 18.8 Å². The molecule has 2 rings (SSSR count). The second kappa shape index (κ2) is 6.92. The zero-order chi connectivity index (χ0) is 13.0. The molecule has 0 fully saturated rings. The van der Waals surface area contributed by atoms with Gasteiger partial charge in [-0.25, -0.2) is 0 Å². The van der Waals surface area contributed by atoms with Crippen LogP contribution in [-0.2, 0) is 17.8 Å². The predicted octanol–water partition coefficient (Wildman–Crippen LogP) is 2.86. The summed E-state index contributed by atoms with van der Waals surface area (Å²) in [7, 11) is 0. The number of benzene rings is 2. The Kier molecular flexibility index (Phi) is 5.55. The molecule has 0 spiro atoms. The summed E-state index contributed by atoms with van der Waals surface area (Å²) in [6.45, 7) is 0.540. The van der Waals surface area contributed by atoms with Crippen LogP contribution in [0.2, 0.25) is 0 Å². The SMILES string of the molecule is Cl.NCc1ccc(-c2ccc(CC(=O)O)cc2)cc1. The van der Waals surface area contributed by atoms with Crippen LogP contribution in [-0.4, -0.2) is 11.1 Å². The highest BCUT2D eigenvalue weighted by Crippen LogP contribution is 2.20. The maximum Gasteiger partial charge on any atom is 0.307 e. The Labute approximate surface area is 118 Å². The Morgan fingerprint density at radius 3 is 1.68 bits per heavy atom. The topological polar surface area (TPSA) is 63.3 Å². The van der Waals surface area contributed by atoms with Gasteiger partial charge in [-0.1, -0.05) is 48.5 Å². The molecular weight excluding hydrogens is 262 g/mol. The van der Waals surface area contributed by atoms with E-state index in [9.17, 15) is 4.79 Å². The molecule has 0 aromatic heterocycles. The standard InChI is InChI=1S/C15H15NO2.ClH/c16-10-12-3-7-14(8-4-12)13-5-1-11(2-6-13)9-15(17)18;/h1-8H,9-10,16H2,(H,17,18);1H. The van der Waals surface area contributed by atoms with Gasteiger partial charge < -0.3 is 10.8 Å². The van der Waals surface area contributed by atoms with Crippen LogP contribution in [0.5, 0.6) is 0 Å². The van der Waals surface area contributed by atoms with Crippen LogP contribution in [0.15, 0.2) is 48.5 Å². The van der Waals surface area contributed by atoms with Gasteiger partial charge in [-0.15, -0.1) is 12.4 Å². The van der Waals surface area contributed by atoms with Crippen molar-refractivity contribution in [3.8, 4) is 11.1 Å². The first-order valence-electron chi connectivity index (χ1n) is 5.79. The van der Waals surface area contributed by atoms with Gasteiger partial charge in [-0.05, 0) is 22.3 Å². The van der Waals surface area contributed by atoms with E-state index in [0.29, 0.717) is 6.54 Å². The zero-order valence-electron chi connectivity index (χ0n) is 10.4. The van der Waals surface area contributed by atoms with Crippen LogP contribution < -0.4 is 5.73 Å². The predicted molar refractivity (Wildman–Crippen MR) is 78.4 cm³/mol. The lowest BCUT2D eigenvalue weighted by Crippen LogP contribution is -1.99. The van der Waals surface area contributed by atoms with Crippen molar-refractivity contribution in [3.63, 3.8) is 0 Å². The van der Waals surface area contributed by atoms with E-state index in [2.05, 4.69) is 0 Å². The average Bonchev–Trinajstić information content (AvgIpc) is 2.39. The van der Waals surface area contributed by atoms with Gasteiger partial charge in [-0.3, -0.25) is 4.79 Å². The van der Waals surface area contributed by atoms with Crippen LogP contribution in [0.3, 0.4) is 0 Å². The van der Waals surface area contributed by atoms with E-state index in [1.165, 1.54) is 0 Å². The molecule has 0 aliphatic rings. The van der Waals surface area contributed by atoms with Crippen molar-refractivity contribution in [2.45, 2.75) is 13.0 Å². The average molecular weight is 278 g/mol. The molecule has 0 heterocycles. The van der Waals surface area contributed by atoms with Crippen molar-refractivity contribution in [1.82, 2.24) is 0 Å². The number of hydrogen-bond donors (Lipinski definition) is 2. The van der Waals surface area contributed by atoms with Crippen LogP contribution in [0, 0.1) is 0 Å². The number of carbonyl (C=O) groups is 1. The largest absolute Gasteiger partial charge is 0.481 e. The fourth-order valence-corrected chi connectivity index (χ4v) is 1.82. The molecule has 0 amide bonds. The van der Waals surface area contributed by atoms with Gasteiger partial charge in [0.25, 0.3) is 0 Å². The van der Waals surface area contributed by atoms with Gasteiger partial charge in [-0.2, -0.15) is 0 Å². The molecule has 0 unspecified atom stereocenters. The number of hydrogen-bond acceptors (Lipinski definition) is 2. The normalized spacial score (nSPS) is 9.74. The lowest BCUT2D eigenvalue weighted by molar-refractivity contribution is -0.136. The van der Waals surface area contributed by atoms with Gasteiger partial charge >= 0.3 is 5.97 Å². The quantitative estimate of drug-likeness (QED) is 0.903. The molecule has 0 aliphatic carbocycles. The molecule has 0 atom stereocenters. The third-order valence-corrected chi connectivity index (χ3v) is 2.83. The molecule has 0 saturated carbocycles. The molecule has 0 saturated heterocycles. The molecule has 0 radical (unpaired) electrons. The number of carboxylic acids is 1. The molecule has 100 valence electrons. The van der Waals surface area contributed by atoms with Gasteiger partial charge in [0.2, 0.25) is 0 Å². The maximum atomic E-state index is 10.6. The minimum absolute atomic E-state index is 0. The van der Waals surface area contributed by atoms with Crippen LogP contribution >= 0.6 is 12.4 Å². The molecule has 2 aromatic carbocycles. The molecule has 3 N–H and O–H groups in total. The monoisotopic (exact) mass is 277 g/mol. The van der Waals surface area contributed by atoms with Crippen LogP contribution in [0.25, 0.3) is 11.1 Å². The maximum absolute atomic E-state index is 10.6. The second-order valence-electron chi connectivity index (χ2n) is 4.17. The van der Waals surface area contributed by atoms with Crippen molar-refractivity contribution in [1.29, 1.82) is 0 Å². The number of nitrogens with two attached hydrogens (primary N) is 1. The summed E-state index contributed by atoms with van der Waals surface area (Å²) in [5.74, 6) is -0.810. The Hall–Kier alpha value is -1.84. The third-order valence-electron chi connectivity index (χ3n) is 2.83. The van der Waals surface area contributed by atoms with Gasteiger partial charge in [0.1, 0.15) is 0 Å². The first kappa shape index (κ1) is 15.2. The second-order valence-corrected chi connectivity index (χ2v) is 4.17. The summed E-state index contributed by atoms with van der Waals surface area (Å²) in [6.07, 6.45) is 0.0619. The molecule has 0 aliphatic heterocycles. The summed E-state index contributed by atoms with van der Waals surface area (Å²) in [5.41, 5.74) is 9.64. The Morgan fingerprint density at radius 2 is 1.32 bits per heavy atom. The van der Waals surface area contributed by atoms with Crippen molar-refractivity contribution in [2.75, 3.05) is 0 Å². The summed E-state index contributed by atoms with van der Waals surface area (Å²) < 4.78 is 0. The van der Waals surface area contributed by atoms with Crippen molar-refractivity contribution in [3.05, 3.63) is 59.7 Å². The van der Waals surface area contributed by atoms with E-state index >= 15 is 0 Å². The Bertz CT molecular complexity index is 535. The third kappa shape index (κ3) is 4.09. The first-order chi connectivity index (χ1) is 8.69. The lowest BCUT2D eigenvalue weighted by Gasteiger charge is -2.04. The molecular formula is C15H16ClNO2. The van der Waals surface area contributed by atoms with Crippen molar-refractivity contribution < 1.29 is 9.90 Å². The fourth-order valence-electron chi connectivity index (χ4n) is 1.82. The highest BCUT2D eigenvalue weighted by molar-refractivity contribution is 5.85. The highest BCUT2D eigenvalue weighted by atomic mass is 35.5. The van der Waals surface area contributed by atoms with E-state index in [1.807, 2.05) is 48.5 Å². The molecule has 2 aromatic rings. The lowest BCUT2D eigenvalue weighted by atomic mass is 10.0. The molecule has 3 nitrogen and oxygen atoms in total. The number of aliphatic carboxylic acids is 1. The van der Waals surface area contributed by atoms with E-state index < -0.39 is 5.97 Å². The Balaban J connectivity index is 0.00000180. The summed E-state index contributed by atoms with van der Waals surface area (Å²) in [6, 6.07) is 15.6. The number of halogens is 1. The highest BCUT2D eigenvalue weighted by Gasteiger charge is 2.01. The Morgan fingerprint density at radius 1 is 0.895 bits per heavy atom. The number of carboxylic acid groups (broad SMARTS) is 1. The van der Waals surface area contributed by atoms with Crippen LogP contribution in [0.4, 0.5) is 0 Å². The summed E-state index contributed by atoms with van der Waals surface area (Å²) >= 11 is 0. The molecule has 19 heavy (non-hydrogen) atoms. The minimum atomic E-state index is -0.810. The van der Waals surface area contributed by atoms with E-state index in [1.54, 1.807) is 0 Å². The van der Waals surface area contributed by atoms with Gasteiger partial charge in [0.15, 0.2) is 0 Å². The van der Waals surface area contributed by atoms with Crippen molar-refractivity contribution in [2.24, 2.45) is 5.73 Å². The summed E-state index contributed by atoms with van der Waals surface area (Å²) in [4.78, 5) is 10.6. The fraction of sp³-hybridized carbons (Fsp3) is 0.133. The van der Waals surface area contributed by atoms with E-state index in [0.717, 1.165) is 22.3 Å². The van der Waals surface area contributed by atoms with Crippen LogP contribution in [0.1, 0.15) is 11.1 Å². The summed E-state index contributed by atoms with van der Waals surface area (Å²) in [5, 5.41) is 8.70. The number of rotatable bonds is 4. The zero-order valence-corrected chi connectivity index (χ0v) is 11.2. The van der Waals surface area contributed by atoms with Gasteiger partial charge in [0, 0.05) is 6.54 Å². The van der Waals surface area contributed by atoms with Gasteiger partial charge in [0.05, 0.1) is 6.42 Å². The van der Waals surface area contributed by atoms with Crippen molar-refractivity contribution >= 4 is 18.4 Å². The molecule has 4 heteroatoms. The first-order valence-corrected chi connectivity index (χ1v) is 5.79. The smallest absolute Gasteiger partial charge is 0.307 e. The molecule has 0 bridgehead atoms.